The van der Waals surface area contributed by atoms with Gasteiger partial charge in [0.25, 0.3) is 0 Å². The minimum Gasteiger partial charge on any atom is -0.388 e. The summed E-state index contributed by atoms with van der Waals surface area (Å²) >= 11 is 0. The minimum absolute atomic E-state index is 0.283. The largest absolute Gasteiger partial charge is 0.388 e. The molecule has 2 rings (SSSR count). The average molecular weight is 177 g/mol. The fourth-order valence-corrected chi connectivity index (χ4v) is 1.99. The number of hydrogen-bond acceptors (Lipinski definition) is 2. The van der Waals surface area contributed by atoms with E-state index >= 15 is 0 Å². The SMILES string of the molecule is Cc1cc(C)c2c(c1)C(O)CCN2. The summed E-state index contributed by atoms with van der Waals surface area (Å²) in [5.74, 6) is 0. The normalized spacial score (nSPS) is 20.7. The number of aryl methyl sites for hydroxylation is 2. The minimum atomic E-state index is -0.283. The molecule has 1 aromatic carbocycles. The van der Waals surface area contributed by atoms with Crippen LogP contribution in [0.25, 0.3) is 0 Å². The van der Waals surface area contributed by atoms with Gasteiger partial charge in [-0.25, -0.2) is 0 Å². The van der Waals surface area contributed by atoms with Crippen molar-refractivity contribution in [1.29, 1.82) is 0 Å². The second kappa shape index (κ2) is 3.04. The second-order valence-electron chi connectivity index (χ2n) is 3.78. The van der Waals surface area contributed by atoms with Gasteiger partial charge in [-0.15, -0.1) is 0 Å². The third kappa shape index (κ3) is 1.42. The Kier molecular flexibility index (Phi) is 2.00. The van der Waals surface area contributed by atoms with Crippen LogP contribution in [0.3, 0.4) is 0 Å². The van der Waals surface area contributed by atoms with Crippen molar-refractivity contribution in [2.75, 3.05) is 11.9 Å². The van der Waals surface area contributed by atoms with Crippen LogP contribution in [0.15, 0.2) is 12.1 Å². The van der Waals surface area contributed by atoms with Gasteiger partial charge in [-0.3, -0.25) is 0 Å². The van der Waals surface area contributed by atoms with Crippen molar-refractivity contribution < 1.29 is 5.11 Å². The zero-order chi connectivity index (χ0) is 9.42. The second-order valence-corrected chi connectivity index (χ2v) is 3.78. The van der Waals surface area contributed by atoms with E-state index in [4.69, 9.17) is 0 Å². The fourth-order valence-electron chi connectivity index (χ4n) is 1.99. The first-order chi connectivity index (χ1) is 6.18. The van der Waals surface area contributed by atoms with E-state index in [9.17, 15) is 5.11 Å². The van der Waals surface area contributed by atoms with E-state index in [1.165, 1.54) is 11.1 Å². The molecule has 2 nitrogen and oxygen atoms in total. The van der Waals surface area contributed by atoms with Crippen LogP contribution < -0.4 is 5.32 Å². The number of aliphatic hydroxyl groups is 1. The van der Waals surface area contributed by atoms with Gasteiger partial charge in [0.1, 0.15) is 0 Å². The van der Waals surface area contributed by atoms with Crippen LogP contribution in [-0.4, -0.2) is 11.7 Å². The lowest BCUT2D eigenvalue weighted by molar-refractivity contribution is 0.168. The third-order valence-electron chi connectivity index (χ3n) is 2.59. The molecular weight excluding hydrogens is 162 g/mol. The van der Waals surface area contributed by atoms with Crippen molar-refractivity contribution in [2.24, 2.45) is 0 Å². The molecule has 2 heteroatoms. The van der Waals surface area contributed by atoms with Crippen LogP contribution in [-0.2, 0) is 0 Å². The van der Waals surface area contributed by atoms with Gasteiger partial charge >= 0.3 is 0 Å². The fraction of sp³-hybridized carbons (Fsp3) is 0.455. The summed E-state index contributed by atoms with van der Waals surface area (Å²) in [4.78, 5) is 0. The maximum Gasteiger partial charge on any atom is 0.0826 e. The molecule has 1 unspecified atom stereocenters. The molecular formula is C11H15NO. The van der Waals surface area contributed by atoms with Crippen molar-refractivity contribution in [3.63, 3.8) is 0 Å². The number of aliphatic hydroxyl groups excluding tert-OH is 1. The van der Waals surface area contributed by atoms with Crippen LogP contribution in [0.5, 0.6) is 0 Å². The molecule has 1 heterocycles. The lowest BCUT2D eigenvalue weighted by Gasteiger charge is -2.25. The van der Waals surface area contributed by atoms with Gasteiger partial charge < -0.3 is 10.4 Å². The number of fused-ring (bicyclic) bond motifs is 1. The summed E-state index contributed by atoms with van der Waals surface area (Å²) in [6, 6.07) is 4.21. The molecule has 0 spiro atoms. The molecule has 0 bridgehead atoms. The molecule has 1 aromatic rings. The Hall–Kier alpha value is -1.02. The van der Waals surface area contributed by atoms with E-state index in [2.05, 4.69) is 31.3 Å². The number of hydrogen-bond donors (Lipinski definition) is 2. The Bertz CT molecular complexity index is 333. The highest BCUT2D eigenvalue weighted by Gasteiger charge is 2.18. The molecule has 0 aliphatic carbocycles. The summed E-state index contributed by atoms with van der Waals surface area (Å²) in [6.07, 6.45) is 0.533. The van der Waals surface area contributed by atoms with E-state index in [1.54, 1.807) is 0 Å². The van der Waals surface area contributed by atoms with Gasteiger partial charge in [-0.05, 0) is 25.8 Å². The van der Waals surface area contributed by atoms with Gasteiger partial charge in [0.2, 0.25) is 0 Å². The van der Waals surface area contributed by atoms with Gasteiger partial charge in [0.15, 0.2) is 0 Å². The Morgan fingerprint density at radius 2 is 2.15 bits per heavy atom. The molecule has 1 aliphatic heterocycles. The molecule has 0 aromatic heterocycles. The first-order valence-corrected chi connectivity index (χ1v) is 4.71. The summed E-state index contributed by atoms with van der Waals surface area (Å²) in [5, 5.41) is 13.1. The highest BCUT2D eigenvalue weighted by atomic mass is 16.3. The highest BCUT2D eigenvalue weighted by molar-refractivity contribution is 5.60. The standard InChI is InChI=1S/C11H15NO/c1-7-5-8(2)11-9(6-7)10(13)3-4-12-11/h5-6,10,12-13H,3-4H2,1-2H3. The molecule has 0 saturated heterocycles. The van der Waals surface area contributed by atoms with Crippen molar-refractivity contribution in [3.05, 3.63) is 28.8 Å². The number of nitrogens with one attached hydrogen (secondary N) is 1. The van der Waals surface area contributed by atoms with Crippen LogP contribution in [0.4, 0.5) is 5.69 Å². The third-order valence-corrected chi connectivity index (χ3v) is 2.59. The van der Waals surface area contributed by atoms with E-state index < -0.39 is 0 Å². The average Bonchev–Trinajstić information content (AvgIpc) is 2.07. The van der Waals surface area contributed by atoms with E-state index in [1.807, 2.05) is 0 Å². The zero-order valence-electron chi connectivity index (χ0n) is 8.09. The highest BCUT2D eigenvalue weighted by Crippen LogP contribution is 2.32. The monoisotopic (exact) mass is 177 g/mol. The summed E-state index contributed by atoms with van der Waals surface area (Å²) in [6.45, 7) is 5.02. The maximum atomic E-state index is 9.77. The van der Waals surface area contributed by atoms with Crippen LogP contribution in [0.2, 0.25) is 0 Å². The van der Waals surface area contributed by atoms with Crippen LogP contribution in [0.1, 0.15) is 29.2 Å². The number of anilines is 1. The topological polar surface area (TPSA) is 32.3 Å². The molecule has 0 radical (unpaired) electrons. The van der Waals surface area contributed by atoms with Crippen molar-refractivity contribution in [2.45, 2.75) is 26.4 Å². The number of benzene rings is 1. The lowest BCUT2D eigenvalue weighted by atomic mass is 9.95. The van der Waals surface area contributed by atoms with E-state index in [0.29, 0.717) is 0 Å². The van der Waals surface area contributed by atoms with E-state index in [-0.39, 0.29) is 6.10 Å². The molecule has 1 aliphatic rings. The molecule has 13 heavy (non-hydrogen) atoms. The predicted octanol–water partition coefficient (Wildman–Crippen LogP) is 2.15. The number of rotatable bonds is 0. The van der Waals surface area contributed by atoms with Gasteiger partial charge in [-0.2, -0.15) is 0 Å². The van der Waals surface area contributed by atoms with Crippen LogP contribution >= 0.6 is 0 Å². The molecule has 1 atom stereocenters. The molecule has 0 saturated carbocycles. The molecule has 0 fully saturated rings. The quantitative estimate of drug-likeness (QED) is 0.636. The summed E-state index contributed by atoms with van der Waals surface area (Å²) in [7, 11) is 0. The van der Waals surface area contributed by atoms with Gasteiger partial charge in [0.05, 0.1) is 6.10 Å². The van der Waals surface area contributed by atoms with Crippen molar-refractivity contribution in [1.82, 2.24) is 0 Å². The maximum absolute atomic E-state index is 9.77. The smallest absolute Gasteiger partial charge is 0.0826 e. The lowest BCUT2D eigenvalue weighted by Crippen LogP contribution is -2.17. The van der Waals surface area contributed by atoms with Gasteiger partial charge in [0, 0.05) is 17.8 Å². The summed E-state index contributed by atoms with van der Waals surface area (Å²) < 4.78 is 0. The van der Waals surface area contributed by atoms with Crippen molar-refractivity contribution in [3.8, 4) is 0 Å². The molecule has 70 valence electrons. The Morgan fingerprint density at radius 1 is 1.38 bits per heavy atom. The van der Waals surface area contributed by atoms with E-state index in [0.717, 1.165) is 24.2 Å². The Balaban J connectivity index is 2.56. The van der Waals surface area contributed by atoms with Crippen LogP contribution in [0, 0.1) is 13.8 Å². The first kappa shape index (κ1) is 8.57. The van der Waals surface area contributed by atoms with Gasteiger partial charge in [-0.1, -0.05) is 17.7 Å². The molecule has 2 N–H and O–H groups in total. The first-order valence-electron chi connectivity index (χ1n) is 4.71. The zero-order valence-corrected chi connectivity index (χ0v) is 8.09. The predicted molar refractivity (Wildman–Crippen MR) is 54.0 cm³/mol. The Labute approximate surface area is 78.6 Å². The molecule has 0 amide bonds. The summed E-state index contributed by atoms with van der Waals surface area (Å²) in [5.41, 5.74) is 4.64. The Morgan fingerprint density at radius 3 is 2.92 bits per heavy atom. The van der Waals surface area contributed by atoms with Crippen molar-refractivity contribution >= 4 is 5.69 Å².